The van der Waals surface area contributed by atoms with Crippen LogP contribution in [0, 0.1) is 0 Å². The standard InChI is InChI=1S/C15H26N4O/c1-5-6-9-17-15(16-4)19-11-13-7-8-14(18-10-13)20-12(2)3/h7-8,10,12H,5-6,9,11H2,1-4H3,(H2,16,17,19). The number of rotatable bonds is 7. The van der Waals surface area contributed by atoms with Crippen LogP contribution in [-0.2, 0) is 6.54 Å². The molecule has 5 nitrogen and oxygen atoms in total. The average molecular weight is 278 g/mol. The molecule has 2 N–H and O–H groups in total. The van der Waals surface area contributed by atoms with Gasteiger partial charge >= 0.3 is 0 Å². The van der Waals surface area contributed by atoms with Crippen molar-refractivity contribution in [3.63, 3.8) is 0 Å². The molecule has 0 bridgehead atoms. The Morgan fingerprint density at radius 3 is 2.70 bits per heavy atom. The Kier molecular flexibility index (Phi) is 7.47. The van der Waals surface area contributed by atoms with E-state index in [1.165, 1.54) is 6.42 Å². The van der Waals surface area contributed by atoms with E-state index in [2.05, 4.69) is 27.5 Å². The summed E-state index contributed by atoms with van der Waals surface area (Å²) in [5.41, 5.74) is 1.10. The summed E-state index contributed by atoms with van der Waals surface area (Å²) in [4.78, 5) is 8.46. The van der Waals surface area contributed by atoms with Crippen LogP contribution in [0.4, 0.5) is 0 Å². The van der Waals surface area contributed by atoms with E-state index in [0.29, 0.717) is 12.4 Å². The molecular formula is C15H26N4O. The van der Waals surface area contributed by atoms with Gasteiger partial charge in [-0.2, -0.15) is 0 Å². The van der Waals surface area contributed by atoms with Crippen molar-refractivity contribution < 1.29 is 4.74 Å². The van der Waals surface area contributed by atoms with Crippen molar-refractivity contribution in [2.75, 3.05) is 13.6 Å². The minimum atomic E-state index is 0.146. The number of ether oxygens (including phenoxy) is 1. The topological polar surface area (TPSA) is 58.5 Å². The van der Waals surface area contributed by atoms with E-state index in [0.717, 1.165) is 24.5 Å². The van der Waals surface area contributed by atoms with Gasteiger partial charge in [-0.1, -0.05) is 19.4 Å². The van der Waals surface area contributed by atoms with Crippen LogP contribution in [-0.4, -0.2) is 30.6 Å². The predicted molar refractivity (Wildman–Crippen MR) is 83.1 cm³/mol. The maximum atomic E-state index is 5.51. The molecule has 0 amide bonds. The Bertz CT molecular complexity index is 401. The van der Waals surface area contributed by atoms with Crippen LogP contribution in [0.3, 0.4) is 0 Å². The highest BCUT2D eigenvalue weighted by molar-refractivity contribution is 5.79. The first kappa shape index (κ1) is 16.3. The van der Waals surface area contributed by atoms with Crippen molar-refractivity contribution in [3.8, 4) is 5.88 Å². The second-order valence-corrected chi connectivity index (χ2v) is 4.88. The Hall–Kier alpha value is -1.78. The van der Waals surface area contributed by atoms with Crippen LogP contribution < -0.4 is 15.4 Å². The molecule has 0 spiro atoms. The van der Waals surface area contributed by atoms with Gasteiger partial charge in [-0.3, -0.25) is 4.99 Å². The molecule has 0 atom stereocenters. The smallest absolute Gasteiger partial charge is 0.213 e. The number of hydrogen-bond acceptors (Lipinski definition) is 3. The first-order valence-corrected chi connectivity index (χ1v) is 7.21. The molecule has 112 valence electrons. The molecule has 0 aliphatic heterocycles. The van der Waals surface area contributed by atoms with Crippen LogP contribution in [0.2, 0.25) is 0 Å². The number of aliphatic imine (C=N–C) groups is 1. The van der Waals surface area contributed by atoms with Crippen molar-refractivity contribution in [1.29, 1.82) is 0 Å². The highest BCUT2D eigenvalue weighted by Gasteiger charge is 2.01. The first-order chi connectivity index (χ1) is 9.65. The molecule has 0 aliphatic carbocycles. The Balaban J connectivity index is 2.40. The van der Waals surface area contributed by atoms with Gasteiger partial charge in [-0.15, -0.1) is 0 Å². The van der Waals surface area contributed by atoms with E-state index < -0.39 is 0 Å². The predicted octanol–water partition coefficient (Wildman–Crippen LogP) is 2.33. The summed E-state index contributed by atoms with van der Waals surface area (Å²) in [6.45, 7) is 7.78. The SMILES string of the molecule is CCCCNC(=NC)NCc1ccc(OC(C)C)nc1. The van der Waals surface area contributed by atoms with Gasteiger partial charge in [-0.25, -0.2) is 4.98 Å². The number of pyridine rings is 1. The molecule has 0 fully saturated rings. The Labute approximate surface area is 121 Å². The van der Waals surface area contributed by atoms with Crippen LogP contribution in [0.1, 0.15) is 39.2 Å². The van der Waals surface area contributed by atoms with Crippen molar-refractivity contribution in [1.82, 2.24) is 15.6 Å². The molecule has 0 unspecified atom stereocenters. The fourth-order valence-electron chi connectivity index (χ4n) is 1.62. The number of nitrogens with one attached hydrogen (secondary N) is 2. The number of nitrogens with zero attached hydrogens (tertiary/aromatic N) is 2. The monoisotopic (exact) mass is 278 g/mol. The molecule has 0 saturated heterocycles. The third-order valence-electron chi connectivity index (χ3n) is 2.66. The lowest BCUT2D eigenvalue weighted by molar-refractivity contribution is 0.232. The molecule has 0 aliphatic rings. The summed E-state index contributed by atoms with van der Waals surface area (Å²) in [5, 5.41) is 6.53. The molecule has 1 aromatic rings. The van der Waals surface area contributed by atoms with E-state index in [9.17, 15) is 0 Å². The van der Waals surface area contributed by atoms with Crippen molar-refractivity contribution in [2.45, 2.75) is 46.3 Å². The summed E-state index contributed by atoms with van der Waals surface area (Å²) in [7, 11) is 1.78. The lowest BCUT2D eigenvalue weighted by atomic mass is 10.3. The third kappa shape index (κ3) is 6.41. The van der Waals surface area contributed by atoms with Crippen molar-refractivity contribution in [3.05, 3.63) is 23.9 Å². The highest BCUT2D eigenvalue weighted by atomic mass is 16.5. The summed E-state index contributed by atoms with van der Waals surface area (Å²) in [6.07, 6.45) is 4.28. The largest absolute Gasteiger partial charge is 0.475 e. The zero-order chi connectivity index (χ0) is 14.8. The Morgan fingerprint density at radius 1 is 1.35 bits per heavy atom. The number of aromatic nitrogens is 1. The molecule has 1 rings (SSSR count). The van der Waals surface area contributed by atoms with Gasteiger partial charge in [0.1, 0.15) is 0 Å². The average Bonchev–Trinajstić information content (AvgIpc) is 2.43. The van der Waals surface area contributed by atoms with Gasteiger partial charge in [0.2, 0.25) is 5.88 Å². The number of unbranched alkanes of at least 4 members (excludes halogenated alkanes) is 1. The first-order valence-electron chi connectivity index (χ1n) is 7.21. The van der Waals surface area contributed by atoms with E-state index in [-0.39, 0.29) is 6.10 Å². The zero-order valence-corrected chi connectivity index (χ0v) is 12.9. The summed E-state index contributed by atoms with van der Waals surface area (Å²) in [6, 6.07) is 3.90. The third-order valence-corrected chi connectivity index (χ3v) is 2.66. The molecule has 0 radical (unpaired) electrons. The summed E-state index contributed by atoms with van der Waals surface area (Å²) in [5.74, 6) is 1.48. The summed E-state index contributed by atoms with van der Waals surface area (Å²) < 4.78 is 5.51. The quantitative estimate of drug-likeness (QED) is 0.456. The van der Waals surface area contributed by atoms with Crippen LogP contribution >= 0.6 is 0 Å². The molecule has 0 saturated carbocycles. The number of guanidine groups is 1. The van der Waals surface area contributed by atoms with Crippen LogP contribution in [0.5, 0.6) is 5.88 Å². The van der Waals surface area contributed by atoms with Gasteiger partial charge in [0.05, 0.1) is 6.10 Å². The van der Waals surface area contributed by atoms with E-state index >= 15 is 0 Å². The zero-order valence-electron chi connectivity index (χ0n) is 12.9. The van der Waals surface area contributed by atoms with Gasteiger partial charge < -0.3 is 15.4 Å². The highest BCUT2D eigenvalue weighted by Crippen LogP contribution is 2.09. The van der Waals surface area contributed by atoms with Crippen LogP contribution in [0.25, 0.3) is 0 Å². The number of hydrogen-bond donors (Lipinski definition) is 2. The van der Waals surface area contributed by atoms with Gasteiger partial charge in [0.25, 0.3) is 0 Å². The normalized spacial score (nSPS) is 11.6. The van der Waals surface area contributed by atoms with E-state index in [4.69, 9.17) is 4.74 Å². The molecule has 0 aromatic carbocycles. The lowest BCUT2D eigenvalue weighted by Crippen LogP contribution is -2.37. The van der Waals surface area contributed by atoms with Gasteiger partial charge in [0.15, 0.2) is 5.96 Å². The van der Waals surface area contributed by atoms with Gasteiger partial charge in [0, 0.05) is 32.4 Å². The molecule has 5 heteroatoms. The maximum absolute atomic E-state index is 5.51. The summed E-state index contributed by atoms with van der Waals surface area (Å²) >= 11 is 0. The molecule has 1 aromatic heterocycles. The molecular weight excluding hydrogens is 252 g/mol. The minimum absolute atomic E-state index is 0.146. The fraction of sp³-hybridized carbons (Fsp3) is 0.600. The fourth-order valence-corrected chi connectivity index (χ4v) is 1.62. The van der Waals surface area contributed by atoms with E-state index in [1.807, 2.05) is 32.2 Å². The second kappa shape index (κ2) is 9.18. The second-order valence-electron chi connectivity index (χ2n) is 4.88. The molecule has 20 heavy (non-hydrogen) atoms. The van der Waals surface area contributed by atoms with Crippen molar-refractivity contribution >= 4 is 5.96 Å². The Morgan fingerprint density at radius 2 is 2.15 bits per heavy atom. The van der Waals surface area contributed by atoms with Crippen LogP contribution in [0.15, 0.2) is 23.3 Å². The maximum Gasteiger partial charge on any atom is 0.213 e. The van der Waals surface area contributed by atoms with Crippen molar-refractivity contribution in [2.24, 2.45) is 4.99 Å². The van der Waals surface area contributed by atoms with Gasteiger partial charge in [-0.05, 0) is 25.8 Å². The minimum Gasteiger partial charge on any atom is -0.475 e. The molecule has 1 heterocycles. The van der Waals surface area contributed by atoms with E-state index in [1.54, 1.807) is 7.05 Å². The lowest BCUT2D eigenvalue weighted by Gasteiger charge is -2.12.